The van der Waals surface area contributed by atoms with Gasteiger partial charge in [-0.2, -0.15) is 0 Å². The molecule has 0 aromatic heterocycles. The standard InChI is InChI=1S/C19H29N3O2/c1-15(23)22(14-18(24)21-12-10-20(5)11-13-21)17-9-7-6-8-16(17)19(2,3)4/h6-9H,10-14H2,1-5H3. The summed E-state index contributed by atoms with van der Waals surface area (Å²) in [5.74, 6) is -0.0869. The van der Waals surface area contributed by atoms with Gasteiger partial charge in [0.05, 0.1) is 0 Å². The van der Waals surface area contributed by atoms with Crippen molar-refractivity contribution in [3.05, 3.63) is 29.8 Å². The van der Waals surface area contributed by atoms with Crippen LogP contribution in [0.1, 0.15) is 33.3 Å². The topological polar surface area (TPSA) is 43.9 Å². The molecule has 0 spiro atoms. The molecule has 5 heteroatoms. The van der Waals surface area contributed by atoms with E-state index in [1.54, 1.807) is 4.90 Å². The second-order valence-corrected chi connectivity index (χ2v) is 7.56. The fourth-order valence-electron chi connectivity index (χ4n) is 3.00. The molecule has 0 bridgehead atoms. The minimum absolute atomic E-state index is 0.0158. The molecule has 2 rings (SSSR count). The first kappa shape index (κ1) is 18.5. The van der Waals surface area contributed by atoms with Crippen LogP contribution in [0.5, 0.6) is 0 Å². The van der Waals surface area contributed by atoms with Crippen LogP contribution in [0.4, 0.5) is 5.69 Å². The van der Waals surface area contributed by atoms with E-state index in [1.807, 2.05) is 29.2 Å². The molecule has 132 valence electrons. The van der Waals surface area contributed by atoms with Crippen LogP contribution in [0.2, 0.25) is 0 Å². The van der Waals surface area contributed by atoms with Crippen molar-refractivity contribution in [3.8, 4) is 0 Å². The lowest BCUT2D eigenvalue weighted by Crippen LogP contribution is -2.50. The Morgan fingerprint density at radius 2 is 1.67 bits per heavy atom. The number of rotatable bonds is 3. The van der Waals surface area contributed by atoms with Gasteiger partial charge in [0, 0.05) is 38.8 Å². The zero-order valence-corrected chi connectivity index (χ0v) is 15.5. The van der Waals surface area contributed by atoms with Crippen molar-refractivity contribution in [1.29, 1.82) is 0 Å². The van der Waals surface area contributed by atoms with Gasteiger partial charge in [-0.1, -0.05) is 39.0 Å². The predicted molar refractivity (Wildman–Crippen MR) is 97.2 cm³/mol. The predicted octanol–water partition coefficient (Wildman–Crippen LogP) is 2.11. The van der Waals surface area contributed by atoms with Gasteiger partial charge in [0.15, 0.2) is 0 Å². The lowest BCUT2D eigenvalue weighted by Gasteiger charge is -2.35. The Morgan fingerprint density at radius 3 is 2.21 bits per heavy atom. The normalized spacial score (nSPS) is 16.1. The first-order valence-corrected chi connectivity index (χ1v) is 8.54. The van der Waals surface area contributed by atoms with E-state index in [0.717, 1.165) is 37.4 Å². The van der Waals surface area contributed by atoms with E-state index in [0.29, 0.717) is 0 Å². The molecule has 1 fully saturated rings. The molecule has 2 amide bonds. The van der Waals surface area contributed by atoms with Crippen molar-refractivity contribution < 1.29 is 9.59 Å². The van der Waals surface area contributed by atoms with Crippen LogP contribution < -0.4 is 4.90 Å². The van der Waals surface area contributed by atoms with Crippen LogP contribution in [0.3, 0.4) is 0 Å². The van der Waals surface area contributed by atoms with Gasteiger partial charge in [0.2, 0.25) is 11.8 Å². The molecule has 0 aliphatic carbocycles. The molecule has 0 radical (unpaired) electrons. The summed E-state index contributed by atoms with van der Waals surface area (Å²) < 4.78 is 0. The molecule has 1 aromatic rings. The van der Waals surface area contributed by atoms with E-state index in [4.69, 9.17) is 0 Å². The fraction of sp³-hybridized carbons (Fsp3) is 0.579. The zero-order chi connectivity index (χ0) is 17.9. The monoisotopic (exact) mass is 331 g/mol. The first-order valence-electron chi connectivity index (χ1n) is 8.54. The molecule has 5 nitrogen and oxygen atoms in total. The summed E-state index contributed by atoms with van der Waals surface area (Å²) in [6.07, 6.45) is 0. The van der Waals surface area contributed by atoms with Crippen LogP contribution in [-0.4, -0.2) is 61.4 Å². The Bertz CT molecular complexity index is 599. The maximum absolute atomic E-state index is 12.7. The molecule has 1 aliphatic rings. The number of piperazine rings is 1. The summed E-state index contributed by atoms with van der Waals surface area (Å²) in [6, 6.07) is 7.86. The maximum Gasteiger partial charge on any atom is 0.242 e. The number of nitrogens with zero attached hydrogens (tertiary/aromatic N) is 3. The quantitative estimate of drug-likeness (QED) is 0.852. The SMILES string of the molecule is CC(=O)N(CC(=O)N1CCN(C)CC1)c1ccccc1C(C)(C)C. The molecule has 24 heavy (non-hydrogen) atoms. The summed E-state index contributed by atoms with van der Waals surface area (Å²) in [5.41, 5.74) is 1.81. The zero-order valence-electron chi connectivity index (χ0n) is 15.5. The van der Waals surface area contributed by atoms with Crippen LogP contribution in [0, 0.1) is 0 Å². The average Bonchev–Trinajstić information content (AvgIpc) is 2.52. The van der Waals surface area contributed by atoms with Crippen LogP contribution in [0.15, 0.2) is 24.3 Å². The third-order valence-corrected chi connectivity index (χ3v) is 4.53. The minimum atomic E-state index is -0.103. The third kappa shape index (κ3) is 4.35. The summed E-state index contributed by atoms with van der Waals surface area (Å²) in [4.78, 5) is 30.6. The summed E-state index contributed by atoms with van der Waals surface area (Å²) in [6.45, 7) is 11.2. The number of benzene rings is 1. The molecule has 1 saturated heterocycles. The van der Waals surface area contributed by atoms with Crippen molar-refractivity contribution >= 4 is 17.5 Å². The van der Waals surface area contributed by atoms with Crippen LogP contribution in [0.25, 0.3) is 0 Å². The van der Waals surface area contributed by atoms with Crippen molar-refractivity contribution in [2.45, 2.75) is 33.1 Å². The number of hydrogen-bond acceptors (Lipinski definition) is 3. The Labute approximate surface area is 145 Å². The van der Waals surface area contributed by atoms with Gasteiger partial charge in [-0.15, -0.1) is 0 Å². The second kappa shape index (κ2) is 7.34. The van der Waals surface area contributed by atoms with E-state index in [1.165, 1.54) is 6.92 Å². The van der Waals surface area contributed by atoms with Gasteiger partial charge in [-0.05, 0) is 24.1 Å². The lowest BCUT2D eigenvalue weighted by molar-refractivity contribution is -0.132. The van der Waals surface area contributed by atoms with Crippen molar-refractivity contribution in [1.82, 2.24) is 9.80 Å². The van der Waals surface area contributed by atoms with E-state index in [9.17, 15) is 9.59 Å². The Kier molecular flexibility index (Phi) is 5.65. The molecule has 0 saturated carbocycles. The van der Waals surface area contributed by atoms with Crippen molar-refractivity contribution in [3.63, 3.8) is 0 Å². The number of anilines is 1. The van der Waals surface area contributed by atoms with Crippen LogP contribution >= 0.6 is 0 Å². The third-order valence-electron chi connectivity index (χ3n) is 4.53. The molecule has 1 heterocycles. The number of likely N-dealkylation sites (N-methyl/N-ethyl adjacent to an activating group) is 1. The summed E-state index contributed by atoms with van der Waals surface area (Å²) in [5, 5.41) is 0. The van der Waals surface area contributed by atoms with Gasteiger partial charge < -0.3 is 14.7 Å². The van der Waals surface area contributed by atoms with Gasteiger partial charge in [0.1, 0.15) is 6.54 Å². The Balaban J connectivity index is 2.22. The highest BCUT2D eigenvalue weighted by Gasteiger charge is 2.27. The van der Waals surface area contributed by atoms with Crippen molar-refractivity contribution in [2.75, 3.05) is 44.7 Å². The fourth-order valence-corrected chi connectivity index (χ4v) is 3.00. The summed E-state index contributed by atoms with van der Waals surface area (Å²) in [7, 11) is 2.06. The molecule has 0 unspecified atom stereocenters. The van der Waals surface area contributed by atoms with Crippen molar-refractivity contribution in [2.24, 2.45) is 0 Å². The lowest BCUT2D eigenvalue weighted by atomic mass is 9.85. The first-order chi connectivity index (χ1) is 11.2. The van der Waals surface area contributed by atoms with Gasteiger partial charge in [0.25, 0.3) is 0 Å². The molecule has 0 N–H and O–H groups in total. The summed E-state index contributed by atoms with van der Waals surface area (Å²) >= 11 is 0. The minimum Gasteiger partial charge on any atom is -0.339 e. The maximum atomic E-state index is 12.7. The smallest absolute Gasteiger partial charge is 0.242 e. The highest BCUT2D eigenvalue weighted by molar-refractivity contribution is 5.98. The highest BCUT2D eigenvalue weighted by Crippen LogP contribution is 2.32. The molecule has 0 atom stereocenters. The van der Waals surface area contributed by atoms with E-state index >= 15 is 0 Å². The number of amides is 2. The molecular weight excluding hydrogens is 302 g/mol. The van der Waals surface area contributed by atoms with E-state index in [-0.39, 0.29) is 23.8 Å². The van der Waals surface area contributed by atoms with E-state index < -0.39 is 0 Å². The average molecular weight is 331 g/mol. The number of carbonyl (C=O) groups excluding carboxylic acids is 2. The van der Waals surface area contributed by atoms with Gasteiger partial charge in [-0.3, -0.25) is 9.59 Å². The Morgan fingerprint density at radius 1 is 1.08 bits per heavy atom. The van der Waals surface area contributed by atoms with Gasteiger partial charge in [-0.25, -0.2) is 0 Å². The molecular formula is C19H29N3O2. The van der Waals surface area contributed by atoms with Gasteiger partial charge >= 0.3 is 0 Å². The Hall–Kier alpha value is -1.88. The van der Waals surface area contributed by atoms with Crippen LogP contribution in [-0.2, 0) is 15.0 Å². The molecule has 1 aromatic carbocycles. The molecule has 1 aliphatic heterocycles. The highest BCUT2D eigenvalue weighted by atomic mass is 16.2. The number of hydrogen-bond donors (Lipinski definition) is 0. The second-order valence-electron chi connectivity index (χ2n) is 7.56. The van der Waals surface area contributed by atoms with E-state index in [2.05, 4.69) is 32.7 Å². The number of para-hydroxylation sites is 1. The largest absolute Gasteiger partial charge is 0.339 e. The number of carbonyl (C=O) groups is 2.